The molecule has 1 saturated heterocycles. The number of benzene rings is 1. The highest BCUT2D eigenvalue weighted by atomic mass is 32.1. The number of hydrogen-bond donors (Lipinski definition) is 1. The van der Waals surface area contributed by atoms with Crippen molar-refractivity contribution < 1.29 is 9.13 Å². The lowest BCUT2D eigenvalue weighted by Crippen LogP contribution is -2.40. The van der Waals surface area contributed by atoms with Crippen LogP contribution in [0.4, 0.5) is 4.39 Å². The zero-order valence-electron chi connectivity index (χ0n) is 11.1. The van der Waals surface area contributed by atoms with E-state index in [2.05, 4.69) is 4.90 Å². The van der Waals surface area contributed by atoms with Gasteiger partial charge in [0.15, 0.2) is 11.6 Å². The summed E-state index contributed by atoms with van der Waals surface area (Å²) in [7, 11) is 1.48. The number of thiocarbonyl (C=S) groups is 1. The highest BCUT2D eigenvalue weighted by Gasteiger charge is 2.22. The molecule has 1 heterocycles. The number of nitrogens with zero attached hydrogens (tertiary/aromatic N) is 1. The topological polar surface area (TPSA) is 38.5 Å². The summed E-state index contributed by atoms with van der Waals surface area (Å²) in [6.45, 7) is 2.34. The average Bonchev–Trinajstić information content (AvgIpc) is 2.41. The predicted octanol–water partition coefficient (Wildman–Crippen LogP) is 2.33. The molecule has 1 aromatic rings. The van der Waals surface area contributed by atoms with Crippen LogP contribution in [0, 0.1) is 11.7 Å². The Bertz CT molecular complexity index is 467. The third kappa shape index (κ3) is 3.42. The molecule has 0 radical (unpaired) electrons. The summed E-state index contributed by atoms with van der Waals surface area (Å²) in [6, 6.07) is 5.24. The molecule has 0 spiro atoms. The van der Waals surface area contributed by atoms with Crippen molar-refractivity contribution in [1.29, 1.82) is 0 Å². The van der Waals surface area contributed by atoms with Crippen LogP contribution < -0.4 is 10.5 Å². The van der Waals surface area contributed by atoms with Gasteiger partial charge in [-0.3, -0.25) is 4.90 Å². The minimum atomic E-state index is -0.276. The molecule has 1 atom stereocenters. The highest BCUT2D eigenvalue weighted by Crippen LogP contribution is 2.24. The quantitative estimate of drug-likeness (QED) is 0.860. The van der Waals surface area contributed by atoms with Crippen molar-refractivity contribution in [1.82, 2.24) is 4.90 Å². The molecular formula is C14H19FN2OS. The van der Waals surface area contributed by atoms with Gasteiger partial charge in [-0.1, -0.05) is 24.4 Å². The first kappa shape index (κ1) is 14.2. The van der Waals surface area contributed by atoms with Gasteiger partial charge in [-0.05, 0) is 25.5 Å². The predicted molar refractivity (Wildman–Crippen MR) is 77.7 cm³/mol. The van der Waals surface area contributed by atoms with Gasteiger partial charge in [0, 0.05) is 24.6 Å². The van der Waals surface area contributed by atoms with Crippen LogP contribution in [0.25, 0.3) is 0 Å². The Kier molecular flexibility index (Phi) is 4.71. The van der Waals surface area contributed by atoms with Crippen LogP contribution >= 0.6 is 12.2 Å². The Hall–Kier alpha value is -1.20. The van der Waals surface area contributed by atoms with Crippen molar-refractivity contribution in [2.24, 2.45) is 11.7 Å². The third-order valence-electron chi connectivity index (χ3n) is 3.57. The second-order valence-electron chi connectivity index (χ2n) is 4.91. The van der Waals surface area contributed by atoms with Gasteiger partial charge in [0.05, 0.1) is 12.1 Å². The van der Waals surface area contributed by atoms with Gasteiger partial charge >= 0.3 is 0 Å². The van der Waals surface area contributed by atoms with Crippen LogP contribution in [0.15, 0.2) is 18.2 Å². The first-order valence-corrected chi connectivity index (χ1v) is 6.85. The molecule has 1 unspecified atom stereocenters. The Morgan fingerprint density at radius 2 is 2.37 bits per heavy atom. The summed E-state index contributed by atoms with van der Waals surface area (Å²) in [4.78, 5) is 2.77. The molecule has 19 heavy (non-hydrogen) atoms. The van der Waals surface area contributed by atoms with E-state index in [0.717, 1.165) is 25.9 Å². The molecular weight excluding hydrogens is 263 g/mol. The van der Waals surface area contributed by atoms with Crippen molar-refractivity contribution in [3.63, 3.8) is 0 Å². The van der Waals surface area contributed by atoms with Crippen molar-refractivity contribution >= 4 is 17.2 Å². The van der Waals surface area contributed by atoms with Crippen LogP contribution in [0.1, 0.15) is 18.4 Å². The lowest BCUT2D eigenvalue weighted by molar-refractivity contribution is 0.194. The van der Waals surface area contributed by atoms with E-state index >= 15 is 0 Å². The molecule has 104 valence electrons. The highest BCUT2D eigenvalue weighted by molar-refractivity contribution is 7.80. The summed E-state index contributed by atoms with van der Waals surface area (Å²) in [6.07, 6.45) is 2.08. The molecule has 1 aliphatic heterocycles. The maximum atomic E-state index is 14.1. The van der Waals surface area contributed by atoms with E-state index in [-0.39, 0.29) is 11.7 Å². The van der Waals surface area contributed by atoms with Gasteiger partial charge in [-0.15, -0.1) is 0 Å². The van der Waals surface area contributed by atoms with E-state index < -0.39 is 0 Å². The molecule has 0 aliphatic carbocycles. The monoisotopic (exact) mass is 282 g/mol. The van der Waals surface area contributed by atoms with E-state index in [9.17, 15) is 4.39 Å². The van der Waals surface area contributed by atoms with Crippen LogP contribution in [0.5, 0.6) is 5.75 Å². The fourth-order valence-electron chi connectivity index (χ4n) is 2.51. The molecule has 2 N–H and O–H groups in total. The van der Waals surface area contributed by atoms with Gasteiger partial charge in [0.25, 0.3) is 0 Å². The number of hydrogen-bond acceptors (Lipinski definition) is 3. The lowest BCUT2D eigenvalue weighted by Gasteiger charge is -2.32. The van der Waals surface area contributed by atoms with Crippen molar-refractivity contribution in [3.05, 3.63) is 29.6 Å². The smallest absolute Gasteiger partial charge is 0.169 e. The molecule has 1 fully saturated rings. The summed E-state index contributed by atoms with van der Waals surface area (Å²) in [5.41, 5.74) is 6.36. The van der Waals surface area contributed by atoms with Crippen molar-refractivity contribution in [2.45, 2.75) is 19.4 Å². The van der Waals surface area contributed by atoms with Crippen LogP contribution in [0.2, 0.25) is 0 Å². The summed E-state index contributed by atoms with van der Waals surface area (Å²) >= 11 is 5.06. The first-order chi connectivity index (χ1) is 9.11. The van der Waals surface area contributed by atoms with Crippen LogP contribution in [-0.4, -0.2) is 30.1 Å². The van der Waals surface area contributed by atoms with Gasteiger partial charge in [0.1, 0.15) is 0 Å². The zero-order chi connectivity index (χ0) is 13.8. The Morgan fingerprint density at radius 1 is 1.58 bits per heavy atom. The number of likely N-dealkylation sites (tertiary alicyclic amines) is 1. The number of rotatable bonds is 4. The molecule has 3 nitrogen and oxygen atoms in total. The minimum Gasteiger partial charge on any atom is -0.494 e. The number of halogens is 1. The number of ether oxygens (including phenoxy) is 1. The molecule has 1 aliphatic rings. The van der Waals surface area contributed by atoms with Gasteiger partial charge in [-0.25, -0.2) is 4.39 Å². The fraction of sp³-hybridized carbons (Fsp3) is 0.500. The molecule has 0 saturated carbocycles. The maximum absolute atomic E-state index is 14.1. The van der Waals surface area contributed by atoms with E-state index in [1.807, 2.05) is 6.07 Å². The van der Waals surface area contributed by atoms with E-state index in [4.69, 9.17) is 22.7 Å². The standard InChI is InChI=1S/C14H19FN2OS/c1-18-12-6-2-4-10(13(12)15)8-17-7-3-5-11(9-17)14(16)19/h2,4,6,11H,3,5,7-9H2,1H3,(H2,16,19). The zero-order valence-corrected chi connectivity index (χ0v) is 11.9. The SMILES string of the molecule is COc1cccc(CN2CCCC(C(N)=S)C2)c1F. The molecule has 1 aromatic carbocycles. The van der Waals surface area contributed by atoms with E-state index in [1.165, 1.54) is 7.11 Å². The second kappa shape index (κ2) is 6.30. The summed E-state index contributed by atoms with van der Waals surface area (Å²) in [5.74, 6) is 0.264. The van der Waals surface area contributed by atoms with Gasteiger partial charge in [0.2, 0.25) is 0 Å². The molecule has 2 rings (SSSR count). The normalized spacial score (nSPS) is 20.2. The largest absolute Gasteiger partial charge is 0.494 e. The van der Waals surface area contributed by atoms with Crippen molar-refractivity contribution in [2.75, 3.05) is 20.2 Å². The number of methoxy groups -OCH3 is 1. The van der Waals surface area contributed by atoms with Crippen LogP contribution in [0.3, 0.4) is 0 Å². The molecule has 0 amide bonds. The molecule has 0 aromatic heterocycles. The summed E-state index contributed by atoms with van der Waals surface area (Å²) < 4.78 is 19.1. The molecule has 5 heteroatoms. The van der Waals surface area contributed by atoms with Gasteiger partial charge < -0.3 is 10.5 Å². The second-order valence-corrected chi connectivity index (χ2v) is 5.38. The van der Waals surface area contributed by atoms with Gasteiger partial charge in [-0.2, -0.15) is 0 Å². The third-order valence-corrected chi connectivity index (χ3v) is 3.90. The fourth-order valence-corrected chi connectivity index (χ4v) is 2.70. The minimum absolute atomic E-state index is 0.248. The number of piperidine rings is 1. The maximum Gasteiger partial charge on any atom is 0.169 e. The van der Waals surface area contributed by atoms with E-state index in [1.54, 1.807) is 12.1 Å². The Morgan fingerprint density at radius 3 is 3.05 bits per heavy atom. The van der Waals surface area contributed by atoms with E-state index in [0.29, 0.717) is 22.8 Å². The Balaban J connectivity index is 2.06. The van der Waals surface area contributed by atoms with Crippen LogP contribution in [-0.2, 0) is 6.54 Å². The Labute approximate surface area is 118 Å². The average molecular weight is 282 g/mol. The summed E-state index contributed by atoms with van der Waals surface area (Å²) in [5, 5.41) is 0. The lowest BCUT2D eigenvalue weighted by atomic mass is 9.97. The number of nitrogens with two attached hydrogens (primary N) is 1. The van der Waals surface area contributed by atoms with Crippen molar-refractivity contribution in [3.8, 4) is 5.75 Å². The first-order valence-electron chi connectivity index (χ1n) is 6.45. The molecule has 0 bridgehead atoms.